The second-order valence-corrected chi connectivity index (χ2v) is 3.72. The van der Waals surface area contributed by atoms with Crippen LogP contribution in [0.4, 0.5) is 0 Å². The summed E-state index contributed by atoms with van der Waals surface area (Å²) in [5.41, 5.74) is 0. The number of hydrogen-bond acceptors (Lipinski definition) is 3. The topological polar surface area (TPSA) is 25.2 Å². The Hall–Kier alpha value is -1.06. The molecule has 68 valence electrons. The van der Waals surface area contributed by atoms with E-state index in [2.05, 4.69) is 16.8 Å². The van der Waals surface area contributed by atoms with E-state index in [4.69, 9.17) is 4.42 Å². The number of thiophene rings is 1. The molecular weight excluding hydrogens is 182 g/mol. The van der Waals surface area contributed by atoms with Crippen molar-refractivity contribution in [1.29, 1.82) is 0 Å². The van der Waals surface area contributed by atoms with Gasteiger partial charge in [-0.25, -0.2) is 0 Å². The van der Waals surface area contributed by atoms with Gasteiger partial charge in [-0.1, -0.05) is 6.07 Å². The van der Waals surface area contributed by atoms with E-state index in [1.807, 2.05) is 25.2 Å². The maximum Gasteiger partial charge on any atom is 0.144 e. The number of rotatable bonds is 3. The smallest absolute Gasteiger partial charge is 0.144 e. The first kappa shape index (κ1) is 8.53. The van der Waals surface area contributed by atoms with Crippen LogP contribution in [0.5, 0.6) is 0 Å². The fraction of sp³-hybridized carbons (Fsp3) is 0.200. The van der Waals surface area contributed by atoms with Gasteiger partial charge in [-0.3, -0.25) is 0 Å². The first-order valence-electron chi connectivity index (χ1n) is 4.17. The molecule has 0 unspecified atom stereocenters. The molecule has 0 saturated carbocycles. The average molecular weight is 193 g/mol. The molecule has 0 spiro atoms. The van der Waals surface area contributed by atoms with Crippen LogP contribution in [0.3, 0.4) is 0 Å². The van der Waals surface area contributed by atoms with Gasteiger partial charge in [0.25, 0.3) is 0 Å². The Bertz CT molecular complexity index is 364. The molecule has 0 saturated heterocycles. The Labute approximate surface area is 81.2 Å². The quantitative estimate of drug-likeness (QED) is 0.810. The molecule has 0 aliphatic carbocycles. The van der Waals surface area contributed by atoms with E-state index in [1.54, 1.807) is 11.3 Å². The third kappa shape index (κ3) is 1.82. The zero-order chi connectivity index (χ0) is 9.10. The van der Waals surface area contributed by atoms with Crippen LogP contribution in [0.1, 0.15) is 5.76 Å². The molecule has 0 amide bonds. The summed E-state index contributed by atoms with van der Waals surface area (Å²) in [4.78, 5) is 1.18. The molecule has 2 rings (SSSR count). The summed E-state index contributed by atoms with van der Waals surface area (Å²) in [6.07, 6.45) is 0. The van der Waals surface area contributed by atoms with Gasteiger partial charge < -0.3 is 9.73 Å². The first-order chi connectivity index (χ1) is 6.40. The molecule has 0 bridgehead atoms. The zero-order valence-corrected chi connectivity index (χ0v) is 8.23. The van der Waals surface area contributed by atoms with E-state index < -0.39 is 0 Å². The Morgan fingerprint density at radius 3 is 3.00 bits per heavy atom. The molecule has 2 aromatic rings. The van der Waals surface area contributed by atoms with Crippen molar-refractivity contribution >= 4 is 11.3 Å². The Kier molecular flexibility index (Phi) is 2.47. The van der Waals surface area contributed by atoms with Gasteiger partial charge in [0.2, 0.25) is 0 Å². The van der Waals surface area contributed by atoms with Crippen molar-refractivity contribution in [1.82, 2.24) is 5.32 Å². The monoisotopic (exact) mass is 193 g/mol. The van der Waals surface area contributed by atoms with Crippen LogP contribution in [-0.2, 0) is 6.54 Å². The predicted molar refractivity (Wildman–Crippen MR) is 54.8 cm³/mol. The number of hydrogen-bond donors (Lipinski definition) is 1. The molecule has 2 heterocycles. The third-order valence-electron chi connectivity index (χ3n) is 1.78. The highest BCUT2D eigenvalue weighted by molar-refractivity contribution is 7.13. The van der Waals surface area contributed by atoms with E-state index in [1.165, 1.54) is 4.88 Å². The second kappa shape index (κ2) is 3.77. The van der Waals surface area contributed by atoms with Gasteiger partial charge in [0, 0.05) is 0 Å². The fourth-order valence-electron chi connectivity index (χ4n) is 1.20. The highest BCUT2D eigenvalue weighted by atomic mass is 32.1. The average Bonchev–Trinajstić information content (AvgIpc) is 2.70. The molecule has 13 heavy (non-hydrogen) atoms. The van der Waals surface area contributed by atoms with E-state index in [-0.39, 0.29) is 0 Å². The summed E-state index contributed by atoms with van der Waals surface area (Å²) in [5, 5.41) is 5.10. The summed E-state index contributed by atoms with van der Waals surface area (Å²) in [5.74, 6) is 1.94. The second-order valence-electron chi connectivity index (χ2n) is 2.77. The largest absolute Gasteiger partial charge is 0.459 e. The molecule has 2 aromatic heterocycles. The van der Waals surface area contributed by atoms with Gasteiger partial charge >= 0.3 is 0 Å². The van der Waals surface area contributed by atoms with Crippen LogP contribution in [-0.4, -0.2) is 7.05 Å². The van der Waals surface area contributed by atoms with Gasteiger partial charge in [0.15, 0.2) is 0 Å². The van der Waals surface area contributed by atoms with Crippen molar-refractivity contribution in [3.63, 3.8) is 0 Å². The fourth-order valence-corrected chi connectivity index (χ4v) is 1.89. The van der Waals surface area contributed by atoms with Crippen LogP contribution in [0.25, 0.3) is 10.6 Å². The SMILES string of the molecule is CNCc1ccc(-c2cccs2)o1. The first-order valence-corrected chi connectivity index (χ1v) is 5.05. The Morgan fingerprint density at radius 1 is 1.38 bits per heavy atom. The molecule has 0 radical (unpaired) electrons. The lowest BCUT2D eigenvalue weighted by atomic mass is 10.3. The minimum Gasteiger partial charge on any atom is -0.459 e. The van der Waals surface area contributed by atoms with Gasteiger partial charge in [-0.15, -0.1) is 11.3 Å². The van der Waals surface area contributed by atoms with Crippen LogP contribution in [0.2, 0.25) is 0 Å². The molecule has 3 heteroatoms. The summed E-state index contributed by atoms with van der Waals surface area (Å²) < 4.78 is 5.62. The summed E-state index contributed by atoms with van der Waals surface area (Å²) in [6.45, 7) is 0.783. The number of furan rings is 1. The predicted octanol–water partition coefficient (Wildman–Crippen LogP) is 2.73. The number of nitrogens with one attached hydrogen (secondary N) is 1. The minimum atomic E-state index is 0.783. The molecule has 0 fully saturated rings. The van der Waals surface area contributed by atoms with Crippen molar-refractivity contribution in [3.05, 3.63) is 35.4 Å². The summed E-state index contributed by atoms with van der Waals surface area (Å²) in [6, 6.07) is 8.11. The maximum atomic E-state index is 5.62. The van der Waals surface area contributed by atoms with E-state index in [9.17, 15) is 0 Å². The lowest BCUT2D eigenvalue weighted by Crippen LogP contribution is -2.03. The molecule has 0 aliphatic heterocycles. The summed E-state index contributed by atoms with van der Waals surface area (Å²) in [7, 11) is 1.91. The van der Waals surface area contributed by atoms with Gasteiger partial charge in [0.05, 0.1) is 11.4 Å². The molecule has 1 N–H and O–H groups in total. The van der Waals surface area contributed by atoms with Crippen LogP contribution in [0, 0.1) is 0 Å². The van der Waals surface area contributed by atoms with E-state index >= 15 is 0 Å². The highest BCUT2D eigenvalue weighted by Gasteiger charge is 2.03. The third-order valence-corrected chi connectivity index (χ3v) is 2.66. The Morgan fingerprint density at radius 2 is 2.31 bits per heavy atom. The van der Waals surface area contributed by atoms with Crippen LogP contribution in [0.15, 0.2) is 34.1 Å². The summed E-state index contributed by atoms with van der Waals surface area (Å²) >= 11 is 1.69. The van der Waals surface area contributed by atoms with Crippen molar-refractivity contribution in [2.75, 3.05) is 7.05 Å². The lowest BCUT2D eigenvalue weighted by Gasteiger charge is -1.93. The van der Waals surface area contributed by atoms with Crippen molar-refractivity contribution < 1.29 is 4.42 Å². The van der Waals surface area contributed by atoms with Crippen molar-refractivity contribution in [2.24, 2.45) is 0 Å². The highest BCUT2D eigenvalue weighted by Crippen LogP contribution is 2.26. The van der Waals surface area contributed by atoms with Crippen molar-refractivity contribution in [3.8, 4) is 10.6 Å². The standard InChI is InChI=1S/C10H11NOS/c1-11-7-8-4-5-9(12-8)10-3-2-6-13-10/h2-6,11H,7H2,1H3. The van der Waals surface area contributed by atoms with Gasteiger partial charge in [-0.2, -0.15) is 0 Å². The van der Waals surface area contributed by atoms with E-state index in [0.29, 0.717) is 0 Å². The van der Waals surface area contributed by atoms with Gasteiger partial charge in [-0.05, 0) is 30.6 Å². The van der Waals surface area contributed by atoms with Gasteiger partial charge in [0.1, 0.15) is 11.5 Å². The lowest BCUT2D eigenvalue weighted by molar-refractivity contribution is 0.508. The molecule has 0 aromatic carbocycles. The molecule has 0 atom stereocenters. The molecule has 2 nitrogen and oxygen atoms in total. The molecular formula is C10H11NOS. The van der Waals surface area contributed by atoms with E-state index in [0.717, 1.165) is 18.1 Å². The Balaban J connectivity index is 2.23. The zero-order valence-electron chi connectivity index (χ0n) is 7.41. The van der Waals surface area contributed by atoms with Crippen LogP contribution < -0.4 is 5.32 Å². The van der Waals surface area contributed by atoms with Crippen molar-refractivity contribution in [2.45, 2.75) is 6.54 Å². The maximum absolute atomic E-state index is 5.62. The normalized spacial score (nSPS) is 10.5. The molecule has 0 aliphatic rings. The van der Waals surface area contributed by atoms with Crippen LogP contribution >= 0.6 is 11.3 Å². The minimum absolute atomic E-state index is 0.783.